The minimum atomic E-state index is -3.39. The molecule has 25 heavy (non-hydrogen) atoms. The molecule has 0 spiro atoms. The lowest BCUT2D eigenvalue weighted by atomic mass is 10.2. The Balaban J connectivity index is 1.98. The van der Waals surface area contributed by atoms with Crippen molar-refractivity contribution >= 4 is 27.7 Å². The zero-order chi connectivity index (χ0) is 18.4. The van der Waals surface area contributed by atoms with Gasteiger partial charge in [0.25, 0.3) is 0 Å². The second kappa shape index (κ2) is 7.89. The zero-order valence-corrected chi connectivity index (χ0v) is 14.1. The maximum atomic E-state index is 13.5. The van der Waals surface area contributed by atoms with E-state index in [2.05, 4.69) is 10.0 Å². The van der Waals surface area contributed by atoms with E-state index in [1.165, 1.54) is 6.07 Å². The molecule has 0 unspecified atom stereocenters. The Bertz CT molecular complexity index is 892. The highest BCUT2D eigenvalue weighted by Crippen LogP contribution is 2.14. The molecule has 0 aliphatic carbocycles. The van der Waals surface area contributed by atoms with E-state index in [0.29, 0.717) is 11.3 Å². The summed E-state index contributed by atoms with van der Waals surface area (Å²) in [6.45, 7) is 0.127. The third-order valence-corrected chi connectivity index (χ3v) is 3.70. The van der Waals surface area contributed by atoms with Gasteiger partial charge in [-0.25, -0.2) is 17.2 Å². The first-order valence-corrected chi connectivity index (χ1v) is 9.10. The highest BCUT2D eigenvalue weighted by molar-refractivity contribution is 7.92. The van der Waals surface area contributed by atoms with Crippen molar-refractivity contribution in [1.29, 1.82) is 0 Å². The number of benzene rings is 2. The number of halogens is 2. The van der Waals surface area contributed by atoms with Crippen LogP contribution in [0.2, 0.25) is 0 Å². The van der Waals surface area contributed by atoms with Crippen molar-refractivity contribution in [3.05, 3.63) is 71.3 Å². The van der Waals surface area contributed by atoms with Crippen LogP contribution in [0.5, 0.6) is 0 Å². The lowest BCUT2D eigenvalue weighted by molar-refractivity contribution is -0.116. The first kappa shape index (κ1) is 18.6. The van der Waals surface area contributed by atoms with Crippen LogP contribution in [0, 0.1) is 11.6 Å². The summed E-state index contributed by atoms with van der Waals surface area (Å²) in [4.78, 5) is 11.8. The molecule has 8 heteroatoms. The Morgan fingerprint density at radius 3 is 2.40 bits per heavy atom. The summed E-state index contributed by atoms with van der Waals surface area (Å²) in [6.07, 6.45) is 3.12. The van der Waals surface area contributed by atoms with E-state index in [1.54, 1.807) is 24.3 Å². The van der Waals surface area contributed by atoms with Crippen molar-refractivity contribution in [1.82, 2.24) is 5.32 Å². The van der Waals surface area contributed by atoms with Gasteiger partial charge in [-0.05, 0) is 35.9 Å². The number of carbonyl (C=O) groups excluding carboxylic acids is 1. The van der Waals surface area contributed by atoms with E-state index in [-0.39, 0.29) is 12.1 Å². The highest BCUT2D eigenvalue weighted by atomic mass is 32.2. The van der Waals surface area contributed by atoms with E-state index >= 15 is 0 Å². The van der Waals surface area contributed by atoms with Crippen molar-refractivity contribution in [2.45, 2.75) is 6.54 Å². The molecule has 0 aliphatic rings. The van der Waals surface area contributed by atoms with Gasteiger partial charge >= 0.3 is 0 Å². The van der Waals surface area contributed by atoms with Crippen LogP contribution in [0.1, 0.15) is 11.1 Å². The average molecular weight is 366 g/mol. The van der Waals surface area contributed by atoms with Crippen molar-refractivity contribution in [2.75, 3.05) is 11.0 Å². The molecule has 0 bridgehead atoms. The predicted octanol–water partition coefficient (Wildman–Crippen LogP) is 2.67. The Morgan fingerprint density at radius 2 is 1.76 bits per heavy atom. The molecule has 2 rings (SSSR count). The Hall–Kier alpha value is -2.74. The van der Waals surface area contributed by atoms with Gasteiger partial charge in [0, 0.05) is 23.9 Å². The van der Waals surface area contributed by atoms with Crippen molar-refractivity contribution in [3.8, 4) is 0 Å². The van der Waals surface area contributed by atoms with Gasteiger partial charge in [0.2, 0.25) is 15.9 Å². The predicted molar refractivity (Wildman–Crippen MR) is 92.1 cm³/mol. The molecule has 5 nitrogen and oxygen atoms in total. The smallest absolute Gasteiger partial charge is 0.244 e. The summed E-state index contributed by atoms with van der Waals surface area (Å²) < 4.78 is 51.6. The van der Waals surface area contributed by atoms with E-state index in [9.17, 15) is 22.0 Å². The molecule has 0 fully saturated rings. The molecule has 0 heterocycles. The Labute approximate surface area is 144 Å². The fraction of sp³-hybridized carbons (Fsp3) is 0.118. The molecule has 0 aromatic heterocycles. The van der Waals surface area contributed by atoms with Crippen LogP contribution in [-0.4, -0.2) is 20.6 Å². The number of carbonyl (C=O) groups is 1. The summed E-state index contributed by atoms with van der Waals surface area (Å²) in [5.74, 6) is -2.06. The number of anilines is 1. The first-order valence-electron chi connectivity index (χ1n) is 7.21. The molecule has 0 saturated carbocycles. The van der Waals surface area contributed by atoms with Gasteiger partial charge < -0.3 is 5.32 Å². The van der Waals surface area contributed by atoms with Crippen molar-refractivity contribution < 1.29 is 22.0 Å². The third kappa shape index (κ3) is 6.00. The third-order valence-electron chi connectivity index (χ3n) is 3.10. The largest absolute Gasteiger partial charge is 0.348 e. The van der Waals surface area contributed by atoms with E-state index in [4.69, 9.17) is 0 Å². The van der Waals surface area contributed by atoms with Crippen molar-refractivity contribution in [3.63, 3.8) is 0 Å². The monoisotopic (exact) mass is 366 g/mol. The Kier molecular flexibility index (Phi) is 5.87. The minimum absolute atomic E-state index is 0.127. The maximum absolute atomic E-state index is 13.5. The number of hydrogen-bond donors (Lipinski definition) is 2. The molecule has 2 N–H and O–H groups in total. The van der Waals surface area contributed by atoms with E-state index in [1.807, 2.05) is 0 Å². The number of hydrogen-bond acceptors (Lipinski definition) is 3. The molecule has 1 amide bonds. The molecule has 0 saturated heterocycles. The number of nitrogens with one attached hydrogen (secondary N) is 2. The quantitative estimate of drug-likeness (QED) is 0.772. The highest BCUT2D eigenvalue weighted by Gasteiger charge is 2.06. The van der Waals surface area contributed by atoms with Gasteiger partial charge in [-0.2, -0.15) is 0 Å². The standard InChI is InChI=1S/C17H16F2N2O3S/c1-25(23,24)21-13-5-2-4-12(10-13)11-20-17(22)9-8-14-15(18)6-3-7-16(14)19/h2-10,21H,11H2,1H3,(H,20,22)/b9-8+. The fourth-order valence-corrected chi connectivity index (χ4v) is 2.59. The van der Waals surface area contributed by atoms with Gasteiger partial charge in [0.15, 0.2) is 0 Å². The van der Waals surface area contributed by atoms with Crippen LogP contribution in [0.15, 0.2) is 48.5 Å². The number of amides is 1. The summed E-state index contributed by atoms with van der Waals surface area (Å²) in [5.41, 5.74) is 0.739. The average Bonchev–Trinajstić information content (AvgIpc) is 2.51. The molecule has 2 aromatic carbocycles. The number of sulfonamides is 1. The van der Waals surface area contributed by atoms with Crippen LogP contribution >= 0.6 is 0 Å². The first-order chi connectivity index (χ1) is 11.7. The van der Waals surface area contributed by atoms with Crippen LogP contribution in [0.25, 0.3) is 6.08 Å². The van der Waals surface area contributed by atoms with Crippen LogP contribution in [0.3, 0.4) is 0 Å². The van der Waals surface area contributed by atoms with E-state index < -0.39 is 27.6 Å². The molecule has 0 radical (unpaired) electrons. The molecule has 2 aromatic rings. The number of rotatable bonds is 6. The Morgan fingerprint density at radius 1 is 1.12 bits per heavy atom. The second-order valence-corrected chi connectivity index (χ2v) is 7.01. The lowest BCUT2D eigenvalue weighted by Gasteiger charge is -2.07. The van der Waals surface area contributed by atoms with Gasteiger partial charge in [-0.15, -0.1) is 0 Å². The van der Waals surface area contributed by atoms with Crippen molar-refractivity contribution in [2.24, 2.45) is 0 Å². The molecule has 0 aliphatic heterocycles. The summed E-state index contributed by atoms with van der Waals surface area (Å²) >= 11 is 0. The van der Waals surface area contributed by atoms with Crippen LogP contribution in [0.4, 0.5) is 14.5 Å². The van der Waals surface area contributed by atoms with Gasteiger partial charge in [0.05, 0.1) is 6.26 Å². The van der Waals surface area contributed by atoms with Gasteiger partial charge in [0.1, 0.15) is 11.6 Å². The molecular formula is C17H16F2N2O3S. The summed E-state index contributed by atoms with van der Waals surface area (Å²) in [5, 5.41) is 2.55. The van der Waals surface area contributed by atoms with Crippen LogP contribution < -0.4 is 10.0 Å². The summed E-state index contributed by atoms with van der Waals surface area (Å²) in [6, 6.07) is 9.92. The minimum Gasteiger partial charge on any atom is -0.348 e. The SMILES string of the molecule is CS(=O)(=O)Nc1cccc(CNC(=O)/C=C/c2c(F)cccc2F)c1. The lowest BCUT2D eigenvalue weighted by Crippen LogP contribution is -2.20. The maximum Gasteiger partial charge on any atom is 0.244 e. The molecule has 132 valence electrons. The zero-order valence-electron chi connectivity index (χ0n) is 13.3. The topological polar surface area (TPSA) is 75.3 Å². The van der Waals surface area contributed by atoms with E-state index in [0.717, 1.165) is 30.5 Å². The molecule has 0 atom stereocenters. The van der Waals surface area contributed by atoms with Gasteiger partial charge in [-0.3, -0.25) is 9.52 Å². The normalized spacial score (nSPS) is 11.5. The molecular weight excluding hydrogens is 350 g/mol. The second-order valence-electron chi connectivity index (χ2n) is 5.26. The fourth-order valence-electron chi connectivity index (χ4n) is 2.04. The van der Waals surface area contributed by atoms with Crippen LogP contribution in [-0.2, 0) is 21.4 Å². The van der Waals surface area contributed by atoms with Gasteiger partial charge in [-0.1, -0.05) is 18.2 Å². The summed E-state index contributed by atoms with van der Waals surface area (Å²) in [7, 11) is -3.39.